The third kappa shape index (κ3) is 4.77. The van der Waals surface area contributed by atoms with E-state index in [1.54, 1.807) is 5.56 Å². The fraction of sp³-hybridized carbons (Fsp3) is 0.760. The zero-order chi connectivity index (χ0) is 19.4. The van der Waals surface area contributed by atoms with Crippen LogP contribution in [0, 0.1) is 23.7 Å². The minimum absolute atomic E-state index is 0.320. The lowest BCUT2D eigenvalue weighted by Crippen LogP contribution is -2.47. The van der Waals surface area contributed by atoms with Crippen molar-refractivity contribution < 1.29 is 5.11 Å². The standard InChI is InChI=1S/C25H41NO/c1-19(2)23-11-13-25(4,22-9-6-5-7-10-22)18-24(23)21-12-15-26(14-8-16-27)20(3)17-21/h5-7,9-10,19-21,23-24,27H,8,11-18H2,1-4H3. The number of piperidine rings is 1. The van der Waals surface area contributed by atoms with Crippen LogP contribution in [-0.4, -0.2) is 35.7 Å². The Morgan fingerprint density at radius 2 is 1.93 bits per heavy atom. The summed E-state index contributed by atoms with van der Waals surface area (Å²) in [6, 6.07) is 11.9. The monoisotopic (exact) mass is 371 g/mol. The van der Waals surface area contributed by atoms with Crippen molar-refractivity contribution in [3.8, 4) is 0 Å². The highest BCUT2D eigenvalue weighted by Gasteiger charge is 2.44. The van der Waals surface area contributed by atoms with E-state index in [2.05, 4.69) is 62.9 Å². The van der Waals surface area contributed by atoms with Crippen LogP contribution < -0.4 is 0 Å². The van der Waals surface area contributed by atoms with E-state index in [1.165, 1.54) is 38.6 Å². The van der Waals surface area contributed by atoms with Crippen LogP contribution in [0.1, 0.15) is 71.8 Å². The summed E-state index contributed by atoms with van der Waals surface area (Å²) in [4.78, 5) is 2.61. The largest absolute Gasteiger partial charge is 0.396 e. The fourth-order valence-corrected chi connectivity index (χ4v) is 6.17. The van der Waals surface area contributed by atoms with E-state index >= 15 is 0 Å². The van der Waals surface area contributed by atoms with E-state index in [0.717, 1.165) is 36.6 Å². The summed E-state index contributed by atoms with van der Waals surface area (Å²) in [5, 5.41) is 9.17. The molecule has 0 bridgehead atoms. The van der Waals surface area contributed by atoms with Crippen molar-refractivity contribution in [2.75, 3.05) is 19.7 Å². The molecule has 1 aromatic carbocycles. The van der Waals surface area contributed by atoms with Gasteiger partial charge < -0.3 is 10.0 Å². The molecule has 3 rings (SSSR count). The summed E-state index contributed by atoms with van der Waals surface area (Å²) in [7, 11) is 0. The normalized spacial score (nSPS) is 35.5. The fourth-order valence-electron chi connectivity index (χ4n) is 6.17. The van der Waals surface area contributed by atoms with Gasteiger partial charge >= 0.3 is 0 Å². The van der Waals surface area contributed by atoms with Gasteiger partial charge in [-0.3, -0.25) is 0 Å². The second-order valence-corrected chi connectivity index (χ2v) is 9.99. The molecule has 2 aliphatic rings. The van der Waals surface area contributed by atoms with Gasteiger partial charge in [-0.15, -0.1) is 0 Å². The third-order valence-electron chi connectivity index (χ3n) is 7.86. The van der Waals surface area contributed by atoms with Gasteiger partial charge in [-0.25, -0.2) is 0 Å². The van der Waals surface area contributed by atoms with Crippen molar-refractivity contribution in [1.82, 2.24) is 4.90 Å². The maximum Gasteiger partial charge on any atom is 0.0443 e. The van der Waals surface area contributed by atoms with Crippen LogP contribution in [0.15, 0.2) is 30.3 Å². The van der Waals surface area contributed by atoms with Crippen LogP contribution in [0.2, 0.25) is 0 Å². The Hall–Kier alpha value is -0.860. The molecule has 0 radical (unpaired) electrons. The first kappa shape index (κ1) is 20.9. The molecule has 1 heterocycles. The number of likely N-dealkylation sites (tertiary alicyclic amines) is 1. The molecular formula is C25H41NO. The predicted octanol–water partition coefficient (Wildman–Crippen LogP) is 5.50. The molecule has 0 spiro atoms. The van der Waals surface area contributed by atoms with Gasteiger partial charge in [-0.1, -0.05) is 51.1 Å². The summed E-state index contributed by atoms with van der Waals surface area (Å²) >= 11 is 0. The first-order valence-corrected chi connectivity index (χ1v) is 11.3. The zero-order valence-electron chi connectivity index (χ0n) is 18.0. The van der Waals surface area contributed by atoms with Gasteiger partial charge in [0.05, 0.1) is 0 Å². The number of hydrogen-bond donors (Lipinski definition) is 1. The molecule has 0 amide bonds. The van der Waals surface area contributed by atoms with Crippen LogP contribution in [0.5, 0.6) is 0 Å². The molecule has 1 aliphatic heterocycles. The maximum atomic E-state index is 9.17. The van der Waals surface area contributed by atoms with Crippen molar-refractivity contribution in [2.45, 2.75) is 77.7 Å². The Labute approximate surface area is 167 Å². The van der Waals surface area contributed by atoms with Crippen molar-refractivity contribution in [3.05, 3.63) is 35.9 Å². The number of nitrogens with zero attached hydrogens (tertiary/aromatic N) is 1. The van der Waals surface area contributed by atoms with Crippen LogP contribution in [0.3, 0.4) is 0 Å². The lowest BCUT2D eigenvalue weighted by atomic mass is 9.57. The highest BCUT2D eigenvalue weighted by molar-refractivity contribution is 5.25. The number of benzene rings is 1. The highest BCUT2D eigenvalue weighted by atomic mass is 16.3. The van der Waals surface area contributed by atoms with Gasteiger partial charge in [0.1, 0.15) is 0 Å². The molecule has 2 heteroatoms. The molecule has 1 saturated heterocycles. The molecule has 152 valence electrons. The molecule has 0 aromatic heterocycles. The van der Waals surface area contributed by atoms with E-state index in [4.69, 9.17) is 0 Å². The number of aliphatic hydroxyl groups is 1. The molecule has 2 nitrogen and oxygen atoms in total. The molecule has 1 N–H and O–H groups in total. The smallest absolute Gasteiger partial charge is 0.0443 e. The van der Waals surface area contributed by atoms with Gasteiger partial charge in [0.15, 0.2) is 0 Å². The number of hydrogen-bond acceptors (Lipinski definition) is 2. The van der Waals surface area contributed by atoms with E-state index in [-0.39, 0.29) is 0 Å². The Kier molecular flexibility index (Phi) is 7.03. The lowest BCUT2D eigenvalue weighted by Gasteiger charge is -2.50. The summed E-state index contributed by atoms with van der Waals surface area (Å²) in [5.41, 5.74) is 1.89. The van der Waals surface area contributed by atoms with Gasteiger partial charge in [0, 0.05) is 19.2 Å². The Morgan fingerprint density at radius 3 is 2.56 bits per heavy atom. The van der Waals surface area contributed by atoms with Gasteiger partial charge in [0.25, 0.3) is 0 Å². The number of rotatable bonds is 6. The quantitative estimate of drug-likeness (QED) is 0.714. The average molecular weight is 372 g/mol. The Morgan fingerprint density at radius 1 is 1.19 bits per heavy atom. The van der Waals surface area contributed by atoms with Crippen molar-refractivity contribution in [2.24, 2.45) is 23.7 Å². The topological polar surface area (TPSA) is 23.5 Å². The first-order chi connectivity index (χ1) is 12.9. The molecule has 2 fully saturated rings. The average Bonchev–Trinajstić information content (AvgIpc) is 2.67. The summed E-state index contributed by atoms with van der Waals surface area (Å²) < 4.78 is 0. The minimum Gasteiger partial charge on any atom is -0.396 e. The van der Waals surface area contributed by atoms with E-state index in [1.807, 2.05) is 0 Å². The van der Waals surface area contributed by atoms with Crippen LogP contribution in [0.4, 0.5) is 0 Å². The van der Waals surface area contributed by atoms with Crippen molar-refractivity contribution in [3.63, 3.8) is 0 Å². The first-order valence-electron chi connectivity index (χ1n) is 11.3. The van der Waals surface area contributed by atoms with Crippen LogP contribution in [-0.2, 0) is 5.41 Å². The Bertz CT molecular complexity index is 571. The molecule has 27 heavy (non-hydrogen) atoms. The lowest BCUT2D eigenvalue weighted by molar-refractivity contribution is 0.0211. The SMILES string of the molecule is CC(C)C1CCC(C)(c2ccccc2)CC1C1CCN(CCCO)C(C)C1. The Balaban J connectivity index is 1.74. The summed E-state index contributed by atoms with van der Waals surface area (Å²) in [6.07, 6.45) is 7.67. The summed E-state index contributed by atoms with van der Waals surface area (Å²) in [5.74, 6) is 3.38. The third-order valence-corrected chi connectivity index (χ3v) is 7.86. The molecule has 1 aliphatic carbocycles. The molecule has 5 unspecified atom stereocenters. The van der Waals surface area contributed by atoms with E-state index in [9.17, 15) is 5.11 Å². The van der Waals surface area contributed by atoms with Gasteiger partial charge in [-0.05, 0) is 86.6 Å². The number of aliphatic hydroxyl groups excluding tert-OH is 1. The van der Waals surface area contributed by atoms with Gasteiger partial charge in [-0.2, -0.15) is 0 Å². The minimum atomic E-state index is 0.320. The molecule has 1 saturated carbocycles. The van der Waals surface area contributed by atoms with Crippen molar-refractivity contribution in [1.29, 1.82) is 0 Å². The highest BCUT2D eigenvalue weighted by Crippen LogP contribution is 2.51. The van der Waals surface area contributed by atoms with Gasteiger partial charge in [0.2, 0.25) is 0 Å². The molecule has 5 atom stereocenters. The predicted molar refractivity (Wildman–Crippen MR) is 115 cm³/mol. The van der Waals surface area contributed by atoms with E-state index < -0.39 is 0 Å². The zero-order valence-corrected chi connectivity index (χ0v) is 18.0. The van der Waals surface area contributed by atoms with E-state index in [0.29, 0.717) is 18.1 Å². The molecular weight excluding hydrogens is 330 g/mol. The van der Waals surface area contributed by atoms with Crippen LogP contribution >= 0.6 is 0 Å². The van der Waals surface area contributed by atoms with Crippen molar-refractivity contribution >= 4 is 0 Å². The molecule has 1 aromatic rings. The van der Waals surface area contributed by atoms with Crippen LogP contribution in [0.25, 0.3) is 0 Å². The second-order valence-electron chi connectivity index (χ2n) is 9.99. The maximum absolute atomic E-state index is 9.17. The summed E-state index contributed by atoms with van der Waals surface area (Å²) in [6.45, 7) is 12.4. The second kappa shape index (κ2) is 9.09.